The van der Waals surface area contributed by atoms with Gasteiger partial charge in [-0.3, -0.25) is 4.98 Å². The molecule has 0 bridgehead atoms. The van der Waals surface area contributed by atoms with Crippen LogP contribution in [-0.2, 0) is 11.3 Å². The molecule has 8 heteroatoms. The van der Waals surface area contributed by atoms with Gasteiger partial charge >= 0.3 is 12.0 Å². The summed E-state index contributed by atoms with van der Waals surface area (Å²) in [4.78, 5) is 28.4. The van der Waals surface area contributed by atoms with Gasteiger partial charge in [-0.1, -0.05) is 0 Å². The molecule has 1 saturated heterocycles. The second kappa shape index (κ2) is 7.00. The number of carbonyl (C=O) groups excluding carboxylic acids is 1. The number of morpholine rings is 1. The topological polar surface area (TPSA) is 112 Å². The molecule has 114 valence electrons. The van der Waals surface area contributed by atoms with Crippen LogP contribution in [0.2, 0.25) is 0 Å². The van der Waals surface area contributed by atoms with Crippen LogP contribution in [0.5, 0.6) is 0 Å². The lowest BCUT2D eigenvalue weighted by Gasteiger charge is -2.34. The Kier molecular flexibility index (Phi) is 5.07. The van der Waals surface area contributed by atoms with Crippen LogP contribution in [0, 0.1) is 0 Å². The number of nitrogens with zero attached hydrogens (tertiary/aromatic N) is 2. The van der Waals surface area contributed by atoms with Gasteiger partial charge in [-0.25, -0.2) is 9.59 Å². The van der Waals surface area contributed by atoms with E-state index in [1.165, 1.54) is 23.2 Å². The number of aliphatic hydroxyl groups is 1. The number of amides is 2. The number of carboxylic acids is 1. The van der Waals surface area contributed by atoms with Crippen molar-refractivity contribution in [3.05, 3.63) is 29.6 Å². The van der Waals surface area contributed by atoms with E-state index in [2.05, 4.69) is 10.3 Å². The van der Waals surface area contributed by atoms with Crippen LogP contribution in [0.15, 0.2) is 18.3 Å². The van der Waals surface area contributed by atoms with Crippen molar-refractivity contribution in [3.63, 3.8) is 0 Å². The molecule has 2 rings (SSSR count). The largest absolute Gasteiger partial charge is 0.478 e. The molecule has 1 aromatic rings. The molecule has 2 amide bonds. The molecule has 1 aliphatic rings. The Bertz CT molecular complexity index is 522. The third-order valence-corrected chi connectivity index (χ3v) is 3.18. The highest BCUT2D eigenvalue weighted by Crippen LogP contribution is 2.07. The van der Waals surface area contributed by atoms with E-state index >= 15 is 0 Å². The van der Waals surface area contributed by atoms with Crippen molar-refractivity contribution in [2.24, 2.45) is 0 Å². The SMILES string of the molecule is O=C(O)c1ccnc(CNC(=O)N2CCOCC2CO)c1. The number of hydrogen-bond donors (Lipinski definition) is 3. The smallest absolute Gasteiger partial charge is 0.335 e. The van der Waals surface area contributed by atoms with E-state index in [9.17, 15) is 14.7 Å². The predicted octanol–water partition coefficient (Wildman–Crippen LogP) is -0.317. The lowest BCUT2D eigenvalue weighted by molar-refractivity contribution is -0.00767. The molecule has 8 nitrogen and oxygen atoms in total. The van der Waals surface area contributed by atoms with E-state index in [1.807, 2.05) is 0 Å². The average Bonchev–Trinajstić information content (AvgIpc) is 2.52. The monoisotopic (exact) mass is 295 g/mol. The Morgan fingerprint density at radius 3 is 3.05 bits per heavy atom. The van der Waals surface area contributed by atoms with Crippen molar-refractivity contribution in [1.82, 2.24) is 15.2 Å². The number of aliphatic hydroxyl groups excluding tert-OH is 1. The first-order valence-corrected chi connectivity index (χ1v) is 6.53. The molecule has 21 heavy (non-hydrogen) atoms. The van der Waals surface area contributed by atoms with Crippen molar-refractivity contribution in [3.8, 4) is 0 Å². The fraction of sp³-hybridized carbons (Fsp3) is 0.462. The summed E-state index contributed by atoms with van der Waals surface area (Å²) in [6.45, 7) is 1.09. The van der Waals surface area contributed by atoms with Gasteiger partial charge in [0.15, 0.2) is 0 Å². The van der Waals surface area contributed by atoms with Gasteiger partial charge in [0.25, 0.3) is 0 Å². The van der Waals surface area contributed by atoms with E-state index in [4.69, 9.17) is 9.84 Å². The maximum absolute atomic E-state index is 12.1. The van der Waals surface area contributed by atoms with Crippen molar-refractivity contribution < 1.29 is 24.5 Å². The summed E-state index contributed by atoms with van der Waals surface area (Å²) >= 11 is 0. The van der Waals surface area contributed by atoms with Crippen LogP contribution < -0.4 is 5.32 Å². The van der Waals surface area contributed by atoms with Gasteiger partial charge in [-0.15, -0.1) is 0 Å². The third kappa shape index (κ3) is 3.89. The number of urea groups is 1. The molecule has 1 unspecified atom stereocenters. The van der Waals surface area contributed by atoms with E-state index in [0.29, 0.717) is 25.5 Å². The molecule has 1 atom stereocenters. The minimum Gasteiger partial charge on any atom is -0.478 e. The summed E-state index contributed by atoms with van der Waals surface area (Å²) in [7, 11) is 0. The zero-order valence-electron chi connectivity index (χ0n) is 11.4. The Morgan fingerprint density at radius 2 is 2.33 bits per heavy atom. The number of nitrogens with one attached hydrogen (secondary N) is 1. The van der Waals surface area contributed by atoms with Crippen molar-refractivity contribution in [1.29, 1.82) is 0 Å². The van der Waals surface area contributed by atoms with Crippen LogP contribution in [0.4, 0.5) is 4.79 Å². The van der Waals surface area contributed by atoms with Gasteiger partial charge in [-0.2, -0.15) is 0 Å². The Morgan fingerprint density at radius 1 is 1.52 bits per heavy atom. The molecule has 0 saturated carbocycles. The normalized spacial score (nSPS) is 18.3. The summed E-state index contributed by atoms with van der Waals surface area (Å²) in [5, 5.41) is 20.8. The molecular formula is C13H17N3O5. The van der Waals surface area contributed by atoms with Gasteiger partial charge in [0.2, 0.25) is 0 Å². The summed E-state index contributed by atoms with van der Waals surface area (Å²) in [5.74, 6) is -1.04. The zero-order valence-corrected chi connectivity index (χ0v) is 11.4. The van der Waals surface area contributed by atoms with Crippen molar-refractivity contribution in [2.45, 2.75) is 12.6 Å². The Balaban J connectivity index is 1.94. The maximum atomic E-state index is 12.1. The highest BCUT2D eigenvalue weighted by atomic mass is 16.5. The summed E-state index contributed by atoms with van der Waals surface area (Å²) in [6.07, 6.45) is 1.39. The Labute approximate surface area is 121 Å². The second-order valence-electron chi connectivity index (χ2n) is 4.60. The van der Waals surface area contributed by atoms with Gasteiger partial charge in [0, 0.05) is 12.7 Å². The van der Waals surface area contributed by atoms with Crippen LogP contribution in [0.3, 0.4) is 0 Å². The van der Waals surface area contributed by atoms with Gasteiger partial charge < -0.3 is 25.2 Å². The molecule has 3 N–H and O–H groups in total. The van der Waals surface area contributed by atoms with E-state index < -0.39 is 5.97 Å². The molecule has 0 spiro atoms. The van der Waals surface area contributed by atoms with Gasteiger partial charge in [0.05, 0.1) is 43.7 Å². The average molecular weight is 295 g/mol. The third-order valence-electron chi connectivity index (χ3n) is 3.18. The highest BCUT2D eigenvalue weighted by molar-refractivity contribution is 5.87. The number of hydrogen-bond acceptors (Lipinski definition) is 5. The minimum absolute atomic E-state index is 0.119. The quantitative estimate of drug-likeness (QED) is 0.702. The number of rotatable bonds is 4. The minimum atomic E-state index is -1.04. The number of carboxylic acid groups (broad SMARTS) is 1. The molecule has 0 aliphatic carbocycles. The number of ether oxygens (including phenoxy) is 1. The zero-order chi connectivity index (χ0) is 15.2. The molecule has 0 radical (unpaired) electrons. The molecule has 1 fully saturated rings. The summed E-state index contributed by atoms with van der Waals surface area (Å²) < 4.78 is 5.20. The van der Waals surface area contributed by atoms with E-state index in [1.54, 1.807) is 0 Å². The standard InChI is InChI=1S/C13H17N3O5/c17-7-11-8-21-4-3-16(11)13(20)15-6-10-5-9(12(18)19)1-2-14-10/h1-2,5,11,17H,3-4,6-8H2,(H,15,20)(H,18,19). The number of aromatic nitrogens is 1. The van der Waals surface area contributed by atoms with Crippen LogP contribution in [-0.4, -0.2) is 64.5 Å². The Hall–Kier alpha value is -2.19. The molecule has 1 aromatic heterocycles. The second-order valence-corrected chi connectivity index (χ2v) is 4.60. The fourth-order valence-corrected chi connectivity index (χ4v) is 2.05. The van der Waals surface area contributed by atoms with Crippen molar-refractivity contribution in [2.75, 3.05) is 26.4 Å². The molecular weight excluding hydrogens is 278 g/mol. The maximum Gasteiger partial charge on any atom is 0.335 e. The van der Waals surface area contributed by atoms with Crippen molar-refractivity contribution >= 4 is 12.0 Å². The highest BCUT2D eigenvalue weighted by Gasteiger charge is 2.26. The lowest BCUT2D eigenvalue weighted by atomic mass is 10.2. The number of carbonyl (C=O) groups is 2. The van der Waals surface area contributed by atoms with Crippen LogP contribution in [0.25, 0.3) is 0 Å². The van der Waals surface area contributed by atoms with Crippen LogP contribution >= 0.6 is 0 Å². The predicted molar refractivity (Wildman–Crippen MR) is 71.8 cm³/mol. The molecule has 1 aliphatic heterocycles. The number of pyridine rings is 1. The summed E-state index contributed by atoms with van der Waals surface area (Å²) in [6, 6.07) is 2.10. The van der Waals surface area contributed by atoms with E-state index in [-0.39, 0.29) is 30.8 Å². The first-order valence-electron chi connectivity index (χ1n) is 6.53. The van der Waals surface area contributed by atoms with Gasteiger partial charge in [0.1, 0.15) is 0 Å². The summed E-state index contributed by atoms with van der Waals surface area (Å²) in [5.41, 5.74) is 0.575. The van der Waals surface area contributed by atoms with Gasteiger partial charge in [-0.05, 0) is 12.1 Å². The number of aromatic carboxylic acids is 1. The molecule has 0 aromatic carbocycles. The molecule has 2 heterocycles. The first kappa shape index (κ1) is 15.2. The lowest BCUT2D eigenvalue weighted by Crippen LogP contribution is -2.53. The van der Waals surface area contributed by atoms with Crippen LogP contribution in [0.1, 0.15) is 16.1 Å². The first-order chi connectivity index (χ1) is 10.1. The fourth-order valence-electron chi connectivity index (χ4n) is 2.05. The van der Waals surface area contributed by atoms with E-state index in [0.717, 1.165) is 0 Å².